The summed E-state index contributed by atoms with van der Waals surface area (Å²) in [5.41, 5.74) is 0.793. The minimum absolute atomic E-state index is 0.0151. The number of amides is 1. The maximum atomic E-state index is 12.5. The smallest absolute Gasteiger partial charge is 0.269 e. The number of nitro benzene ring substituents is 1. The zero-order valence-electron chi connectivity index (χ0n) is 15.1. The Kier molecular flexibility index (Phi) is 5.80. The Balaban J connectivity index is 1.52. The van der Waals surface area contributed by atoms with Crippen LogP contribution in [0.3, 0.4) is 0 Å². The highest BCUT2D eigenvalue weighted by molar-refractivity contribution is 5.79. The molecule has 0 spiro atoms. The lowest BCUT2D eigenvalue weighted by Crippen LogP contribution is -2.49. The summed E-state index contributed by atoms with van der Waals surface area (Å²) in [4.78, 5) is 26.6. The third-order valence-electron chi connectivity index (χ3n) is 4.38. The van der Waals surface area contributed by atoms with E-state index in [0.717, 1.165) is 11.4 Å². The third-order valence-corrected chi connectivity index (χ3v) is 4.38. The Hall–Kier alpha value is -3.23. The van der Waals surface area contributed by atoms with Crippen molar-refractivity contribution in [2.24, 2.45) is 0 Å². The standard InChI is InChI=1S/C18H21N5O4/c1-2-27-17-8-7-16(19-20-17)21-9-11-22(12-10-21)18(24)13-14-3-5-15(6-4-14)23(25)26/h3-8H,2,9-13H2,1H3. The number of hydrogen-bond acceptors (Lipinski definition) is 7. The van der Waals surface area contributed by atoms with Gasteiger partial charge in [0, 0.05) is 44.4 Å². The maximum absolute atomic E-state index is 12.5. The zero-order valence-corrected chi connectivity index (χ0v) is 15.1. The molecule has 2 aromatic rings. The first-order valence-electron chi connectivity index (χ1n) is 8.79. The number of non-ortho nitro benzene ring substituents is 1. The number of nitro groups is 1. The first-order valence-corrected chi connectivity index (χ1v) is 8.79. The van der Waals surface area contributed by atoms with Crippen molar-refractivity contribution in [3.05, 3.63) is 52.1 Å². The van der Waals surface area contributed by atoms with E-state index in [9.17, 15) is 14.9 Å². The number of piperazine rings is 1. The molecule has 0 aliphatic carbocycles. The Morgan fingerprint density at radius 1 is 1.11 bits per heavy atom. The van der Waals surface area contributed by atoms with E-state index in [1.54, 1.807) is 23.1 Å². The molecule has 0 atom stereocenters. The van der Waals surface area contributed by atoms with Gasteiger partial charge < -0.3 is 14.5 Å². The molecule has 1 aromatic heterocycles. The highest BCUT2D eigenvalue weighted by Crippen LogP contribution is 2.17. The summed E-state index contributed by atoms with van der Waals surface area (Å²) in [5.74, 6) is 1.28. The molecule has 27 heavy (non-hydrogen) atoms. The zero-order chi connectivity index (χ0) is 19.2. The molecule has 9 heteroatoms. The van der Waals surface area contributed by atoms with E-state index in [-0.39, 0.29) is 18.0 Å². The lowest BCUT2D eigenvalue weighted by molar-refractivity contribution is -0.384. The summed E-state index contributed by atoms with van der Waals surface area (Å²) in [6.07, 6.45) is 0.237. The quantitative estimate of drug-likeness (QED) is 0.562. The number of nitrogens with zero attached hydrogens (tertiary/aromatic N) is 5. The van der Waals surface area contributed by atoms with Crippen LogP contribution in [-0.2, 0) is 11.2 Å². The molecule has 1 fully saturated rings. The van der Waals surface area contributed by atoms with E-state index in [2.05, 4.69) is 15.1 Å². The average Bonchev–Trinajstić information content (AvgIpc) is 2.69. The summed E-state index contributed by atoms with van der Waals surface area (Å²) in [6, 6.07) is 9.75. The van der Waals surface area contributed by atoms with Crippen LogP contribution in [0, 0.1) is 10.1 Å². The predicted molar refractivity (Wildman–Crippen MR) is 98.8 cm³/mol. The van der Waals surface area contributed by atoms with Gasteiger partial charge in [0.1, 0.15) is 0 Å². The van der Waals surface area contributed by atoms with Crippen LogP contribution in [0.2, 0.25) is 0 Å². The molecule has 3 rings (SSSR count). The normalized spacial score (nSPS) is 14.1. The molecule has 0 saturated carbocycles. The summed E-state index contributed by atoms with van der Waals surface area (Å²) in [6.45, 7) is 4.98. The topological polar surface area (TPSA) is 102 Å². The highest BCUT2D eigenvalue weighted by Gasteiger charge is 2.22. The molecular formula is C18H21N5O4. The van der Waals surface area contributed by atoms with Gasteiger partial charge in [-0.15, -0.1) is 10.2 Å². The van der Waals surface area contributed by atoms with Crippen LogP contribution >= 0.6 is 0 Å². The van der Waals surface area contributed by atoms with Crippen LogP contribution in [0.25, 0.3) is 0 Å². The van der Waals surface area contributed by atoms with Crippen LogP contribution in [0.15, 0.2) is 36.4 Å². The molecular weight excluding hydrogens is 350 g/mol. The van der Waals surface area contributed by atoms with Crippen LogP contribution < -0.4 is 9.64 Å². The van der Waals surface area contributed by atoms with Crippen LogP contribution in [0.4, 0.5) is 11.5 Å². The highest BCUT2D eigenvalue weighted by atomic mass is 16.6. The van der Waals surface area contributed by atoms with E-state index in [1.807, 2.05) is 13.0 Å². The SMILES string of the molecule is CCOc1ccc(N2CCN(C(=O)Cc3ccc([N+](=O)[O-])cc3)CC2)nn1. The largest absolute Gasteiger partial charge is 0.477 e. The third kappa shape index (κ3) is 4.69. The molecule has 1 aliphatic heterocycles. The number of anilines is 1. The van der Waals surface area contributed by atoms with Gasteiger partial charge >= 0.3 is 0 Å². The summed E-state index contributed by atoms with van der Waals surface area (Å²) in [7, 11) is 0. The number of carbonyl (C=O) groups is 1. The first kappa shape index (κ1) is 18.6. The van der Waals surface area contributed by atoms with Crippen molar-refractivity contribution in [2.45, 2.75) is 13.3 Å². The van der Waals surface area contributed by atoms with Crippen LogP contribution in [-0.4, -0.2) is 58.7 Å². The molecule has 0 radical (unpaired) electrons. The van der Waals surface area contributed by atoms with Crippen LogP contribution in [0.1, 0.15) is 12.5 Å². The number of hydrogen-bond donors (Lipinski definition) is 0. The minimum atomic E-state index is -0.450. The lowest BCUT2D eigenvalue weighted by Gasteiger charge is -2.35. The van der Waals surface area contributed by atoms with Gasteiger partial charge in [0.2, 0.25) is 11.8 Å². The molecule has 1 aromatic carbocycles. The average molecular weight is 371 g/mol. The van der Waals surface area contributed by atoms with Crippen molar-refractivity contribution >= 4 is 17.4 Å². The summed E-state index contributed by atoms with van der Waals surface area (Å²) in [5, 5.41) is 18.9. The number of ether oxygens (including phenoxy) is 1. The molecule has 1 aliphatic rings. The van der Waals surface area contributed by atoms with Crippen molar-refractivity contribution in [3.8, 4) is 5.88 Å². The fourth-order valence-corrected chi connectivity index (χ4v) is 2.91. The number of aromatic nitrogens is 2. The Morgan fingerprint density at radius 2 is 1.81 bits per heavy atom. The van der Waals surface area contributed by atoms with E-state index >= 15 is 0 Å². The molecule has 0 N–H and O–H groups in total. The Bertz CT molecular complexity index is 786. The summed E-state index contributed by atoms with van der Waals surface area (Å²) < 4.78 is 5.29. The Morgan fingerprint density at radius 3 is 2.37 bits per heavy atom. The monoisotopic (exact) mass is 371 g/mol. The second-order valence-corrected chi connectivity index (χ2v) is 6.13. The van der Waals surface area contributed by atoms with Gasteiger partial charge in [-0.25, -0.2) is 0 Å². The Labute approximate surface area is 156 Å². The van der Waals surface area contributed by atoms with Gasteiger partial charge in [-0.1, -0.05) is 12.1 Å². The fourth-order valence-electron chi connectivity index (χ4n) is 2.91. The molecule has 1 amide bonds. The molecule has 142 valence electrons. The first-order chi connectivity index (χ1) is 13.1. The molecule has 0 unspecified atom stereocenters. The van der Waals surface area contributed by atoms with Crippen LogP contribution in [0.5, 0.6) is 5.88 Å². The van der Waals surface area contributed by atoms with Gasteiger partial charge in [0.15, 0.2) is 5.82 Å². The van der Waals surface area contributed by atoms with Crippen molar-refractivity contribution < 1.29 is 14.5 Å². The van der Waals surface area contributed by atoms with Gasteiger partial charge in [-0.3, -0.25) is 14.9 Å². The minimum Gasteiger partial charge on any atom is -0.477 e. The van der Waals surface area contributed by atoms with E-state index in [1.165, 1.54) is 12.1 Å². The number of carbonyl (C=O) groups excluding carboxylic acids is 1. The second kappa shape index (κ2) is 8.43. The number of rotatable bonds is 6. The van der Waals surface area contributed by atoms with Gasteiger partial charge in [0.25, 0.3) is 5.69 Å². The maximum Gasteiger partial charge on any atom is 0.269 e. The number of benzene rings is 1. The molecule has 1 saturated heterocycles. The van der Waals surface area contributed by atoms with Gasteiger partial charge in [0.05, 0.1) is 18.0 Å². The van der Waals surface area contributed by atoms with E-state index < -0.39 is 4.92 Å². The van der Waals surface area contributed by atoms with E-state index in [4.69, 9.17) is 4.74 Å². The molecule has 9 nitrogen and oxygen atoms in total. The second-order valence-electron chi connectivity index (χ2n) is 6.13. The van der Waals surface area contributed by atoms with Gasteiger partial charge in [-0.05, 0) is 18.6 Å². The molecule has 0 bridgehead atoms. The van der Waals surface area contributed by atoms with E-state index in [0.29, 0.717) is 38.7 Å². The van der Waals surface area contributed by atoms with Crippen molar-refractivity contribution in [2.75, 3.05) is 37.7 Å². The summed E-state index contributed by atoms with van der Waals surface area (Å²) >= 11 is 0. The molecule has 2 heterocycles. The predicted octanol–water partition coefficient (Wildman–Crippen LogP) is 1.67. The van der Waals surface area contributed by atoms with Crippen molar-refractivity contribution in [3.63, 3.8) is 0 Å². The fraction of sp³-hybridized carbons (Fsp3) is 0.389. The van der Waals surface area contributed by atoms with Crippen molar-refractivity contribution in [1.29, 1.82) is 0 Å². The van der Waals surface area contributed by atoms with Crippen molar-refractivity contribution in [1.82, 2.24) is 15.1 Å². The lowest BCUT2D eigenvalue weighted by atomic mass is 10.1. The van der Waals surface area contributed by atoms with Gasteiger partial charge in [-0.2, -0.15) is 0 Å².